The first-order valence-electron chi connectivity index (χ1n) is 14.3. The summed E-state index contributed by atoms with van der Waals surface area (Å²) < 4.78 is 21.5. The van der Waals surface area contributed by atoms with Gasteiger partial charge in [0.05, 0.1) is 13.7 Å². The van der Waals surface area contributed by atoms with E-state index in [1.165, 1.54) is 19.2 Å². The van der Waals surface area contributed by atoms with E-state index in [1.807, 2.05) is 24.3 Å². The number of methoxy groups -OCH3 is 1. The molecule has 0 saturated heterocycles. The normalized spacial score (nSPS) is 15.9. The van der Waals surface area contributed by atoms with Crippen LogP contribution >= 0.6 is 0 Å². The lowest BCUT2D eigenvalue weighted by molar-refractivity contribution is 0.0434. The Morgan fingerprint density at radius 1 is 0.976 bits per heavy atom. The number of hydrogen-bond acceptors (Lipinski definition) is 10. The number of fused-ring (bicyclic) bond motifs is 3. The lowest BCUT2D eigenvalue weighted by Crippen LogP contribution is -2.41. The summed E-state index contributed by atoms with van der Waals surface area (Å²) in [5.74, 6) is -1.48. The number of aryl methyl sites for hydroxylation is 1. The molecule has 42 heavy (non-hydrogen) atoms. The molecule has 218 valence electrons. The maximum absolute atomic E-state index is 13.0. The number of nitrogens with zero attached hydrogens (tertiary/aromatic N) is 2. The van der Waals surface area contributed by atoms with Crippen LogP contribution in [0.1, 0.15) is 52.1 Å². The zero-order chi connectivity index (χ0) is 29.5. The summed E-state index contributed by atoms with van der Waals surface area (Å²) in [5, 5.41) is 1.30. The van der Waals surface area contributed by atoms with Gasteiger partial charge in [0.2, 0.25) is 0 Å². The van der Waals surface area contributed by atoms with Crippen LogP contribution in [0, 0.1) is 5.92 Å². The Hall–Kier alpha value is -4.60. The molecule has 6 rings (SSSR count). The minimum Gasteiger partial charge on any atom is -0.465 e. The van der Waals surface area contributed by atoms with Crippen LogP contribution in [0.5, 0.6) is 0 Å². The van der Waals surface area contributed by atoms with Gasteiger partial charge < -0.3 is 28.1 Å². The molecule has 0 amide bonds. The van der Waals surface area contributed by atoms with Crippen molar-refractivity contribution in [2.75, 3.05) is 49.7 Å². The van der Waals surface area contributed by atoms with E-state index in [4.69, 9.17) is 18.3 Å². The first-order chi connectivity index (χ1) is 20.3. The average Bonchev–Trinajstić information content (AvgIpc) is 2.99. The molecular formula is C32H32N2O8. The molecule has 0 saturated carbocycles. The molecule has 2 aromatic heterocycles. The summed E-state index contributed by atoms with van der Waals surface area (Å²) in [5.41, 5.74) is 3.16. The van der Waals surface area contributed by atoms with Gasteiger partial charge in [-0.25, -0.2) is 19.2 Å². The molecule has 2 aromatic carbocycles. The van der Waals surface area contributed by atoms with E-state index in [1.54, 1.807) is 0 Å². The highest BCUT2D eigenvalue weighted by molar-refractivity contribution is 5.96. The summed E-state index contributed by atoms with van der Waals surface area (Å²) >= 11 is 0. The third-order valence-electron chi connectivity index (χ3n) is 8.25. The fraction of sp³-hybridized carbons (Fsp3) is 0.375. The Kier molecular flexibility index (Phi) is 7.22. The highest BCUT2D eigenvalue weighted by Gasteiger charge is 2.32. The van der Waals surface area contributed by atoms with E-state index in [2.05, 4.69) is 23.6 Å². The minimum atomic E-state index is -0.745. The van der Waals surface area contributed by atoms with Gasteiger partial charge in [0.1, 0.15) is 22.3 Å². The molecule has 10 heteroatoms. The van der Waals surface area contributed by atoms with Crippen LogP contribution in [-0.4, -0.2) is 51.8 Å². The Bertz CT molecular complexity index is 1830. The largest absolute Gasteiger partial charge is 0.465 e. The van der Waals surface area contributed by atoms with Crippen molar-refractivity contribution in [2.24, 2.45) is 5.92 Å². The van der Waals surface area contributed by atoms with E-state index in [-0.39, 0.29) is 23.7 Å². The van der Waals surface area contributed by atoms with Crippen LogP contribution in [0.4, 0.5) is 11.4 Å². The second kappa shape index (κ2) is 11.0. The van der Waals surface area contributed by atoms with Gasteiger partial charge >= 0.3 is 23.2 Å². The molecule has 2 aliphatic heterocycles. The molecule has 1 unspecified atom stereocenters. The lowest BCUT2D eigenvalue weighted by Gasteiger charge is -2.40. The fourth-order valence-corrected chi connectivity index (χ4v) is 6.26. The Morgan fingerprint density at radius 2 is 1.71 bits per heavy atom. The van der Waals surface area contributed by atoms with Crippen molar-refractivity contribution >= 4 is 45.3 Å². The summed E-state index contributed by atoms with van der Waals surface area (Å²) in [6, 6.07) is 10.6. The molecule has 0 N–H and O–H groups in total. The van der Waals surface area contributed by atoms with Crippen molar-refractivity contribution in [1.82, 2.24) is 0 Å². The monoisotopic (exact) mass is 572 g/mol. The molecule has 1 atom stereocenters. The average molecular weight is 573 g/mol. The number of benzene rings is 2. The van der Waals surface area contributed by atoms with Crippen LogP contribution in [-0.2, 0) is 22.3 Å². The van der Waals surface area contributed by atoms with Gasteiger partial charge in [-0.05, 0) is 69.0 Å². The third kappa shape index (κ3) is 4.80. The lowest BCUT2D eigenvalue weighted by atomic mass is 9.86. The SMILES string of the molecule is CCN(CC)c1ccc2cc(C(=O)OCC3Cc4cc5cc(C(=O)OC)c(=O)oc5c5c4N(CCC5)C3)c(=O)oc2c1. The quantitative estimate of drug-likeness (QED) is 0.234. The van der Waals surface area contributed by atoms with Crippen molar-refractivity contribution in [1.29, 1.82) is 0 Å². The van der Waals surface area contributed by atoms with Gasteiger partial charge in [-0.1, -0.05) is 0 Å². The summed E-state index contributed by atoms with van der Waals surface area (Å²) in [7, 11) is 1.22. The molecule has 2 aliphatic rings. The molecule has 4 heterocycles. The first kappa shape index (κ1) is 27.6. The van der Waals surface area contributed by atoms with Crippen LogP contribution in [0.2, 0.25) is 0 Å². The standard InChI is InChI=1S/C32H32N2O8/c1-4-33(5-2)22-9-8-19-13-25(31(37)41-26(19)15-22)30(36)40-17-18-11-20-12-21-14-24(29(35)39-3)32(38)42-28(21)23-7-6-10-34(16-18)27(20)23/h8-9,12-15,18H,4-7,10-11,16-17H2,1-3H3. The molecule has 0 bridgehead atoms. The maximum atomic E-state index is 13.0. The molecule has 0 radical (unpaired) electrons. The number of rotatable bonds is 7. The van der Waals surface area contributed by atoms with Crippen LogP contribution in [0.25, 0.3) is 21.9 Å². The van der Waals surface area contributed by atoms with Crippen molar-refractivity contribution in [3.05, 3.63) is 79.5 Å². The zero-order valence-electron chi connectivity index (χ0n) is 23.9. The maximum Gasteiger partial charge on any atom is 0.351 e. The fourth-order valence-electron chi connectivity index (χ4n) is 6.26. The highest BCUT2D eigenvalue weighted by atomic mass is 16.5. The predicted octanol–water partition coefficient (Wildman–Crippen LogP) is 4.31. The van der Waals surface area contributed by atoms with Gasteiger partial charge in [0.25, 0.3) is 0 Å². The number of hydrogen-bond donors (Lipinski definition) is 0. The second-order valence-corrected chi connectivity index (χ2v) is 10.8. The van der Waals surface area contributed by atoms with Crippen LogP contribution in [0.3, 0.4) is 0 Å². The van der Waals surface area contributed by atoms with Gasteiger partial charge in [-0.15, -0.1) is 0 Å². The van der Waals surface area contributed by atoms with E-state index >= 15 is 0 Å². The van der Waals surface area contributed by atoms with Gasteiger partial charge in [-0.3, -0.25) is 0 Å². The van der Waals surface area contributed by atoms with E-state index in [9.17, 15) is 19.2 Å². The molecule has 0 spiro atoms. The number of esters is 2. The summed E-state index contributed by atoms with van der Waals surface area (Å²) in [6.07, 6.45) is 2.24. The van der Waals surface area contributed by atoms with E-state index in [0.29, 0.717) is 34.9 Å². The highest BCUT2D eigenvalue weighted by Crippen LogP contribution is 2.41. The molecule has 4 aromatic rings. The number of carbonyl (C=O) groups excluding carboxylic acids is 2. The van der Waals surface area contributed by atoms with Gasteiger partial charge in [-0.2, -0.15) is 0 Å². The molecule has 10 nitrogen and oxygen atoms in total. The third-order valence-corrected chi connectivity index (χ3v) is 8.25. The van der Waals surface area contributed by atoms with Gasteiger partial charge in [0, 0.05) is 65.9 Å². The van der Waals surface area contributed by atoms with E-state index < -0.39 is 23.2 Å². The minimum absolute atomic E-state index is 0.0234. The van der Waals surface area contributed by atoms with Crippen LogP contribution < -0.4 is 21.1 Å². The van der Waals surface area contributed by atoms with Crippen molar-refractivity contribution in [2.45, 2.75) is 33.1 Å². The number of carbonyl (C=O) groups is 2. The van der Waals surface area contributed by atoms with Crippen LogP contribution in [0.15, 0.2) is 54.8 Å². The first-order valence-corrected chi connectivity index (χ1v) is 14.3. The van der Waals surface area contributed by atoms with Crippen molar-refractivity contribution in [3.63, 3.8) is 0 Å². The zero-order valence-corrected chi connectivity index (χ0v) is 23.9. The van der Waals surface area contributed by atoms with Crippen molar-refractivity contribution in [3.8, 4) is 0 Å². The Labute approximate surface area is 241 Å². The van der Waals surface area contributed by atoms with Gasteiger partial charge in [0.15, 0.2) is 0 Å². The Morgan fingerprint density at radius 3 is 2.48 bits per heavy atom. The topological polar surface area (TPSA) is 119 Å². The van der Waals surface area contributed by atoms with E-state index in [0.717, 1.165) is 55.0 Å². The molecule has 0 fully saturated rings. The van der Waals surface area contributed by atoms with Crippen molar-refractivity contribution < 1.29 is 27.9 Å². The number of ether oxygens (including phenoxy) is 2. The molecular weight excluding hydrogens is 540 g/mol. The number of anilines is 2. The smallest absolute Gasteiger partial charge is 0.351 e. The second-order valence-electron chi connectivity index (χ2n) is 10.8. The predicted molar refractivity (Wildman–Crippen MR) is 158 cm³/mol. The Balaban J connectivity index is 1.24. The summed E-state index contributed by atoms with van der Waals surface area (Å²) in [6.45, 7) is 7.36. The summed E-state index contributed by atoms with van der Waals surface area (Å²) in [4.78, 5) is 54.7. The molecule has 0 aliphatic carbocycles.